The van der Waals surface area contributed by atoms with Crippen LogP contribution >= 0.6 is 11.6 Å². The van der Waals surface area contributed by atoms with Gasteiger partial charge < -0.3 is 10.6 Å². The molecule has 0 aliphatic carbocycles. The van der Waals surface area contributed by atoms with E-state index in [-0.39, 0.29) is 0 Å². The highest BCUT2D eigenvalue weighted by Gasteiger charge is 2.24. The molecule has 1 aliphatic rings. The molecule has 2 rings (SSSR count). The van der Waals surface area contributed by atoms with Crippen molar-refractivity contribution in [3.8, 4) is 0 Å². The van der Waals surface area contributed by atoms with Gasteiger partial charge in [-0.05, 0) is 43.4 Å². The van der Waals surface area contributed by atoms with Crippen LogP contribution < -0.4 is 10.6 Å². The van der Waals surface area contributed by atoms with Crippen LogP contribution in [0.1, 0.15) is 25.3 Å². The van der Waals surface area contributed by atoms with Crippen LogP contribution in [-0.4, -0.2) is 51.1 Å². The smallest absolute Gasteiger partial charge is 0.211 e. The van der Waals surface area contributed by atoms with Gasteiger partial charge in [0.2, 0.25) is 10.0 Å². The molecule has 0 bridgehead atoms. The fourth-order valence-corrected chi connectivity index (χ4v) is 3.92. The molecule has 0 saturated carbocycles. The largest absolute Gasteiger partial charge is 0.357 e. The first-order valence-corrected chi connectivity index (χ1v) is 10.8. The summed E-state index contributed by atoms with van der Waals surface area (Å²) in [4.78, 5) is 4.59. The summed E-state index contributed by atoms with van der Waals surface area (Å²) in [6.07, 6.45) is 3.01. The molecule has 1 aliphatic heterocycles. The second kappa shape index (κ2) is 9.40. The van der Waals surface area contributed by atoms with Crippen molar-refractivity contribution in [2.45, 2.75) is 26.3 Å². The molecule has 25 heavy (non-hydrogen) atoms. The lowest BCUT2D eigenvalue weighted by Crippen LogP contribution is -2.44. The van der Waals surface area contributed by atoms with Crippen LogP contribution in [0.5, 0.6) is 0 Å². The summed E-state index contributed by atoms with van der Waals surface area (Å²) in [5.41, 5.74) is 1.06. The molecule has 2 N–H and O–H groups in total. The number of rotatable bonds is 6. The Kier molecular flexibility index (Phi) is 7.53. The van der Waals surface area contributed by atoms with Gasteiger partial charge in [0.25, 0.3) is 0 Å². The summed E-state index contributed by atoms with van der Waals surface area (Å²) in [6, 6.07) is 7.68. The zero-order chi connectivity index (χ0) is 18.3. The number of aliphatic imine (C=N–C) groups is 1. The quantitative estimate of drug-likeness (QED) is 0.579. The number of nitrogens with one attached hydrogen (secondary N) is 2. The molecule has 1 heterocycles. The summed E-state index contributed by atoms with van der Waals surface area (Å²) < 4.78 is 24.7. The molecule has 0 unspecified atom stereocenters. The molecule has 0 amide bonds. The average molecular weight is 387 g/mol. The number of hydrogen-bond acceptors (Lipinski definition) is 3. The second-order valence-electron chi connectivity index (χ2n) is 6.31. The second-order valence-corrected chi connectivity index (χ2v) is 8.73. The first kappa shape index (κ1) is 20.0. The van der Waals surface area contributed by atoms with Crippen molar-refractivity contribution in [1.29, 1.82) is 0 Å². The highest BCUT2D eigenvalue weighted by Crippen LogP contribution is 2.18. The van der Waals surface area contributed by atoms with Crippen LogP contribution in [0.4, 0.5) is 0 Å². The molecule has 6 nitrogen and oxygen atoms in total. The Balaban J connectivity index is 1.84. The molecule has 0 atom stereocenters. The molecule has 0 radical (unpaired) electrons. The molecule has 1 aromatic carbocycles. The highest BCUT2D eigenvalue weighted by atomic mass is 35.5. The van der Waals surface area contributed by atoms with Crippen LogP contribution in [0.2, 0.25) is 5.02 Å². The van der Waals surface area contributed by atoms with Crippen molar-refractivity contribution in [2.75, 3.05) is 32.4 Å². The zero-order valence-electron chi connectivity index (χ0n) is 14.8. The van der Waals surface area contributed by atoms with E-state index in [1.165, 1.54) is 6.26 Å². The minimum absolute atomic E-state index is 0.452. The summed E-state index contributed by atoms with van der Waals surface area (Å²) in [7, 11) is -3.07. The van der Waals surface area contributed by atoms with Crippen LogP contribution in [0.15, 0.2) is 29.3 Å². The summed E-state index contributed by atoms with van der Waals surface area (Å²) >= 11 is 6.00. The van der Waals surface area contributed by atoms with Gasteiger partial charge in [0, 0.05) is 31.2 Å². The molecule has 140 valence electrons. The number of halogens is 1. The third-order valence-corrected chi connectivity index (χ3v) is 5.79. The topological polar surface area (TPSA) is 73.8 Å². The minimum Gasteiger partial charge on any atom is -0.357 e. The fourth-order valence-electron chi connectivity index (χ4n) is 2.83. The van der Waals surface area contributed by atoms with E-state index < -0.39 is 10.0 Å². The van der Waals surface area contributed by atoms with Gasteiger partial charge >= 0.3 is 0 Å². The first-order chi connectivity index (χ1) is 11.9. The zero-order valence-corrected chi connectivity index (χ0v) is 16.4. The van der Waals surface area contributed by atoms with Crippen molar-refractivity contribution in [3.05, 3.63) is 34.9 Å². The maximum Gasteiger partial charge on any atom is 0.211 e. The average Bonchev–Trinajstić information content (AvgIpc) is 2.57. The van der Waals surface area contributed by atoms with E-state index in [1.54, 1.807) is 4.31 Å². The van der Waals surface area contributed by atoms with Gasteiger partial charge in [-0.2, -0.15) is 0 Å². The van der Waals surface area contributed by atoms with Crippen LogP contribution in [0, 0.1) is 5.92 Å². The first-order valence-electron chi connectivity index (χ1n) is 8.60. The van der Waals surface area contributed by atoms with Gasteiger partial charge in [0.05, 0.1) is 12.8 Å². The van der Waals surface area contributed by atoms with E-state index in [9.17, 15) is 8.42 Å². The van der Waals surface area contributed by atoms with Crippen LogP contribution in [0.25, 0.3) is 0 Å². The molecule has 8 heteroatoms. The molecular weight excluding hydrogens is 360 g/mol. The van der Waals surface area contributed by atoms with Gasteiger partial charge in [-0.3, -0.25) is 0 Å². The number of hydrogen-bond donors (Lipinski definition) is 2. The number of piperidine rings is 1. The van der Waals surface area contributed by atoms with Crippen molar-refractivity contribution in [3.63, 3.8) is 0 Å². The van der Waals surface area contributed by atoms with E-state index in [0.29, 0.717) is 30.6 Å². The SMILES string of the molecule is CCNC(=NCc1cccc(Cl)c1)NCC1CCN(S(C)(=O)=O)CC1. The Morgan fingerprint density at radius 2 is 2.04 bits per heavy atom. The Bertz CT molecular complexity index is 686. The van der Waals surface area contributed by atoms with E-state index in [0.717, 1.165) is 37.5 Å². The molecule has 1 fully saturated rings. The van der Waals surface area contributed by atoms with Gasteiger partial charge in [-0.15, -0.1) is 0 Å². The van der Waals surface area contributed by atoms with Crippen molar-refractivity contribution < 1.29 is 8.42 Å². The Hall–Kier alpha value is -1.31. The predicted octanol–water partition coefficient (Wildman–Crippen LogP) is 2.07. The maximum absolute atomic E-state index is 11.6. The monoisotopic (exact) mass is 386 g/mol. The van der Waals surface area contributed by atoms with Crippen molar-refractivity contribution in [1.82, 2.24) is 14.9 Å². The third-order valence-electron chi connectivity index (χ3n) is 4.25. The number of sulfonamides is 1. The van der Waals surface area contributed by atoms with Gasteiger partial charge in [0.1, 0.15) is 0 Å². The fraction of sp³-hybridized carbons (Fsp3) is 0.588. The van der Waals surface area contributed by atoms with E-state index in [1.807, 2.05) is 31.2 Å². The molecular formula is C17H27ClN4O2S. The summed E-state index contributed by atoms with van der Waals surface area (Å²) in [5.74, 6) is 1.22. The predicted molar refractivity (Wildman–Crippen MR) is 103 cm³/mol. The van der Waals surface area contributed by atoms with Gasteiger partial charge in [-0.1, -0.05) is 23.7 Å². The Labute approximate surface area is 155 Å². The summed E-state index contributed by atoms with van der Waals surface area (Å²) in [6.45, 7) is 5.36. The van der Waals surface area contributed by atoms with Gasteiger partial charge in [0.15, 0.2) is 5.96 Å². The van der Waals surface area contributed by atoms with E-state index in [4.69, 9.17) is 11.6 Å². The minimum atomic E-state index is -3.07. The number of guanidine groups is 1. The molecule has 0 aromatic heterocycles. The number of benzene rings is 1. The normalized spacial score (nSPS) is 17.5. The molecule has 0 spiro atoms. The third kappa shape index (κ3) is 6.84. The lowest BCUT2D eigenvalue weighted by Gasteiger charge is -2.30. The Morgan fingerprint density at radius 1 is 1.32 bits per heavy atom. The highest BCUT2D eigenvalue weighted by molar-refractivity contribution is 7.88. The molecule has 1 saturated heterocycles. The van der Waals surface area contributed by atoms with Crippen LogP contribution in [-0.2, 0) is 16.6 Å². The lowest BCUT2D eigenvalue weighted by atomic mass is 9.98. The summed E-state index contributed by atoms with van der Waals surface area (Å²) in [5, 5.41) is 7.32. The van der Waals surface area contributed by atoms with E-state index >= 15 is 0 Å². The molecule has 1 aromatic rings. The van der Waals surface area contributed by atoms with E-state index in [2.05, 4.69) is 15.6 Å². The number of nitrogens with zero attached hydrogens (tertiary/aromatic N) is 2. The van der Waals surface area contributed by atoms with Crippen molar-refractivity contribution in [2.24, 2.45) is 10.9 Å². The van der Waals surface area contributed by atoms with Gasteiger partial charge in [-0.25, -0.2) is 17.7 Å². The maximum atomic E-state index is 11.6. The van der Waals surface area contributed by atoms with Crippen molar-refractivity contribution >= 4 is 27.6 Å². The standard InChI is InChI=1S/C17H27ClN4O2S/c1-3-19-17(21-13-15-5-4-6-16(18)11-15)20-12-14-7-9-22(10-8-14)25(2,23)24/h4-6,11,14H,3,7-10,12-13H2,1-2H3,(H2,19,20,21). The van der Waals surface area contributed by atoms with Crippen LogP contribution in [0.3, 0.4) is 0 Å². The Morgan fingerprint density at radius 3 is 2.64 bits per heavy atom. The lowest BCUT2D eigenvalue weighted by molar-refractivity contribution is 0.275.